The second kappa shape index (κ2) is 9.43. The van der Waals surface area contributed by atoms with Crippen LogP contribution in [0.3, 0.4) is 0 Å². The van der Waals surface area contributed by atoms with Crippen molar-refractivity contribution in [2.45, 2.75) is 12.8 Å². The van der Waals surface area contributed by atoms with E-state index in [9.17, 15) is 13.6 Å². The van der Waals surface area contributed by atoms with Crippen LogP contribution in [0, 0.1) is 11.6 Å². The van der Waals surface area contributed by atoms with Crippen molar-refractivity contribution in [3.8, 4) is 28.3 Å². The maximum Gasteiger partial charge on any atom is 0.341 e. The highest BCUT2D eigenvalue weighted by Crippen LogP contribution is 2.33. The SMILES string of the molecule is O=C(O)COc1cccc(CCc2nc(-c3ccc(F)cc3)c(-c3ccc(F)cc3)o2)c1. The minimum atomic E-state index is -1.04. The summed E-state index contributed by atoms with van der Waals surface area (Å²) in [6.07, 6.45) is 1.05. The van der Waals surface area contributed by atoms with Crippen molar-refractivity contribution in [1.82, 2.24) is 4.98 Å². The summed E-state index contributed by atoms with van der Waals surface area (Å²) in [7, 11) is 0. The molecule has 0 saturated heterocycles. The molecule has 0 atom stereocenters. The van der Waals surface area contributed by atoms with Gasteiger partial charge in [0, 0.05) is 17.5 Å². The summed E-state index contributed by atoms with van der Waals surface area (Å²) in [5.74, 6) is -0.341. The number of rotatable bonds is 8. The normalized spacial score (nSPS) is 10.8. The second-order valence-electron chi connectivity index (χ2n) is 7.13. The van der Waals surface area contributed by atoms with Gasteiger partial charge in [-0.2, -0.15) is 0 Å². The van der Waals surface area contributed by atoms with E-state index in [0.29, 0.717) is 47.1 Å². The van der Waals surface area contributed by atoms with Gasteiger partial charge in [-0.1, -0.05) is 12.1 Å². The number of nitrogens with zero attached hydrogens (tertiary/aromatic N) is 1. The molecule has 0 aliphatic rings. The van der Waals surface area contributed by atoms with Gasteiger partial charge in [0.05, 0.1) is 0 Å². The number of carboxylic acids is 1. The van der Waals surface area contributed by atoms with Gasteiger partial charge in [-0.3, -0.25) is 0 Å². The topological polar surface area (TPSA) is 72.6 Å². The standard InChI is InChI=1S/C25H19F2NO4/c26-19-9-5-17(6-10-19)24-25(18-7-11-20(27)12-8-18)32-22(28-24)13-4-16-2-1-3-21(14-16)31-15-23(29)30/h1-3,5-12,14H,4,13,15H2,(H,29,30). The molecule has 1 heterocycles. The molecule has 0 saturated carbocycles. The number of hydrogen-bond donors (Lipinski definition) is 1. The average Bonchev–Trinajstić information content (AvgIpc) is 3.22. The molecule has 0 radical (unpaired) electrons. The van der Waals surface area contributed by atoms with Crippen molar-refractivity contribution in [2.75, 3.05) is 6.61 Å². The third-order valence-electron chi connectivity index (χ3n) is 4.78. The summed E-state index contributed by atoms with van der Waals surface area (Å²) in [4.78, 5) is 15.3. The molecule has 4 aromatic rings. The quantitative estimate of drug-likeness (QED) is 0.394. The summed E-state index contributed by atoms with van der Waals surface area (Å²) >= 11 is 0. The predicted molar refractivity (Wildman–Crippen MR) is 114 cm³/mol. The summed E-state index contributed by atoms with van der Waals surface area (Å²) in [6, 6.07) is 19.0. The fourth-order valence-corrected chi connectivity index (χ4v) is 3.26. The second-order valence-corrected chi connectivity index (χ2v) is 7.13. The molecule has 4 rings (SSSR count). The van der Waals surface area contributed by atoms with E-state index in [0.717, 1.165) is 5.56 Å². The first-order chi connectivity index (χ1) is 15.5. The zero-order valence-electron chi connectivity index (χ0n) is 16.9. The molecule has 3 aromatic carbocycles. The molecule has 0 aliphatic heterocycles. The monoisotopic (exact) mass is 435 g/mol. The Labute approximate surface area is 182 Å². The van der Waals surface area contributed by atoms with Crippen LogP contribution >= 0.6 is 0 Å². The van der Waals surface area contributed by atoms with Crippen LogP contribution in [0.2, 0.25) is 0 Å². The molecule has 7 heteroatoms. The van der Waals surface area contributed by atoms with Gasteiger partial charge < -0.3 is 14.3 Å². The average molecular weight is 435 g/mol. The molecule has 0 fully saturated rings. The number of carbonyl (C=O) groups is 1. The summed E-state index contributed by atoms with van der Waals surface area (Å²) < 4.78 is 38.0. The van der Waals surface area contributed by atoms with Crippen LogP contribution < -0.4 is 4.74 Å². The molecule has 1 aromatic heterocycles. The van der Waals surface area contributed by atoms with Crippen molar-refractivity contribution < 1.29 is 27.8 Å². The smallest absolute Gasteiger partial charge is 0.341 e. The number of carboxylic acid groups (broad SMARTS) is 1. The molecule has 0 spiro atoms. The number of oxazole rings is 1. The molecular formula is C25H19F2NO4. The van der Waals surface area contributed by atoms with Crippen LogP contribution in [0.1, 0.15) is 11.5 Å². The summed E-state index contributed by atoms with van der Waals surface area (Å²) in [5.41, 5.74) is 2.82. The molecule has 32 heavy (non-hydrogen) atoms. The third kappa shape index (κ3) is 5.18. The highest BCUT2D eigenvalue weighted by atomic mass is 19.1. The Morgan fingerprint density at radius 1 is 0.906 bits per heavy atom. The van der Waals surface area contributed by atoms with E-state index in [4.69, 9.17) is 14.3 Å². The van der Waals surface area contributed by atoms with Crippen LogP contribution in [-0.2, 0) is 17.6 Å². The molecule has 1 N–H and O–H groups in total. The van der Waals surface area contributed by atoms with Crippen LogP contribution in [-0.4, -0.2) is 22.7 Å². The fourth-order valence-electron chi connectivity index (χ4n) is 3.26. The fraction of sp³-hybridized carbons (Fsp3) is 0.120. The van der Waals surface area contributed by atoms with Crippen molar-refractivity contribution >= 4 is 5.97 Å². The van der Waals surface area contributed by atoms with Crippen LogP contribution in [0.15, 0.2) is 77.2 Å². The first kappa shape index (κ1) is 21.2. The highest BCUT2D eigenvalue weighted by Gasteiger charge is 2.17. The first-order valence-electron chi connectivity index (χ1n) is 9.93. The van der Waals surface area contributed by atoms with Crippen LogP contribution in [0.4, 0.5) is 8.78 Å². The van der Waals surface area contributed by atoms with E-state index in [1.807, 2.05) is 6.07 Å². The van der Waals surface area contributed by atoms with E-state index in [1.54, 1.807) is 42.5 Å². The number of halogens is 2. The zero-order valence-corrected chi connectivity index (χ0v) is 16.9. The molecular weight excluding hydrogens is 416 g/mol. The maximum absolute atomic E-state index is 13.4. The molecule has 0 amide bonds. The minimum absolute atomic E-state index is 0.356. The number of aliphatic carboxylic acids is 1. The van der Waals surface area contributed by atoms with E-state index in [-0.39, 0.29) is 11.6 Å². The van der Waals surface area contributed by atoms with E-state index >= 15 is 0 Å². The Balaban J connectivity index is 1.59. The molecule has 0 bridgehead atoms. The number of aromatic nitrogens is 1. The Kier molecular flexibility index (Phi) is 6.26. The lowest BCUT2D eigenvalue weighted by Gasteiger charge is -2.05. The lowest BCUT2D eigenvalue weighted by Crippen LogP contribution is -2.09. The molecule has 5 nitrogen and oxygen atoms in total. The zero-order chi connectivity index (χ0) is 22.5. The third-order valence-corrected chi connectivity index (χ3v) is 4.78. The van der Waals surface area contributed by atoms with Gasteiger partial charge in [-0.05, 0) is 72.6 Å². The first-order valence-corrected chi connectivity index (χ1v) is 9.93. The Morgan fingerprint density at radius 2 is 1.56 bits per heavy atom. The number of hydrogen-bond acceptors (Lipinski definition) is 4. The highest BCUT2D eigenvalue weighted by molar-refractivity contribution is 5.76. The van der Waals surface area contributed by atoms with Gasteiger partial charge in [0.25, 0.3) is 0 Å². The van der Waals surface area contributed by atoms with Gasteiger partial charge in [0.2, 0.25) is 0 Å². The molecule has 0 unspecified atom stereocenters. The van der Waals surface area contributed by atoms with Crippen LogP contribution in [0.25, 0.3) is 22.6 Å². The maximum atomic E-state index is 13.4. The van der Waals surface area contributed by atoms with E-state index in [1.165, 1.54) is 24.3 Å². The Bertz CT molecular complexity index is 1150. The van der Waals surface area contributed by atoms with E-state index in [2.05, 4.69) is 4.98 Å². The Hall–Kier alpha value is -4.00. The predicted octanol–water partition coefficient (Wildman–Crippen LogP) is 5.54. The minimum Gasteiger partial charge on any atom is -0.482 e. The van der Waals surface area contributed by atoms with Crippen molar-refractivity contribution in [2.24, 2.45) is 0 Å². The van der Waals surface area contributed by atoms with Gasteiger partial charge in [-0.25, -0.2) is 18.6 Å². The van der Waals surface area contributed by atoms with Crippen molar-refractivity contribution in [3.05, 3.63) is 95.9 Å². The van der Waals surface area contributed by atoms with Gasteiger partial charge in [0.15, 0.2) is 18.3 Å². The van der Waals surface area contributed by atoms with Gasteiger partial charge >= 0.3 is 5.97 Å². The summed E-state index contributed by atoms with van der Waals surface area (Å²) in [6.45, 7) is -0.411. The number of aryl methyl sites for hydroxylation is 2. The number of benzene rings is 3. The molecule has 0 aliphatic carbocycles. The van der Waals surface area contributed by atoms with Crippen molar-refractivity contribution in [1.29, 1.82) is 0 Å². The lowest BCUT2D eigenvalue weighted by atomic mass is 10.1. The lowest BCUT2D eigenvalue weighted by molar-refractivity contribution is -0.139. The summed E-state index contributed by atoms with van der Waals surface area (Å²) in [5, 5.41) is 8.76. The largest absolute Gasteiger partial charge is 0.482 e. The van der Waals surface area contributed by atoms with Crippen LogP contribution in [0.5, 0.6) is 5.75 Å². The molecule has 162 valence electrons. The van der Waals surface area contributed by atoms with E-state index < -0.39 is 12.6 Å². The van der Waals surface area contributed by atoms with Crippen molar-refractivity contribution in [3.63, 3.8) is 0 Å². The van der Waals surface area contributed by atoms with Gasteiger partial charge in [-0.15, -0.1) is 0 Å². The van der Waals surface area contributed by atoms with Gasteiger partial charge in [0.1, 0.15) is 23.1 Å². The number of ether oxygens (including phenoxy) is 1. The Morgan fingerprint density at radius 3 is 2.22 bits per heavy atom.